The van der Waals surface area contributed by atoms with E-state index in [1.165, 1.54) is 6.92 Å². The zero-order valence-electron chi connectivity index (χ0n) is 6.74. The molecule has 0 bridgehead atoms. The normalized spacial score (nSPS) is 12.6. The molecule has 1 aromatic heterocycles. The molecule has 6 heteroatoms. The number of aryl methyl sites for hydroxylation is 1. The van der Waals surface area contributed by atoms with Gasteiger partial charge >= 0.3 is 6.01 Å². The number of nitrogens with zero attached hydrogens (tertiary/aromatic N) is 2. The third kappa shape index (κ3) is 2.03. The van der Waals surface area contributed by atoms with E-state index in [9.17, 15) is 4.79 Å². The second kappa shape index (κ2) is 3.31. The molecule has 0 saturated carbocycles. The van der Waals surface area contributed by atoms with Gasteiger partial charge in [-0.05, 0) is 13.8 Å². The molecule has 0 aliphatic carbocycles. The number of amides is 1. The summed E-state index contributed by atoms with van der Waals surface area (Å²) in [6.45, 7) is 2.97. The second-order valence-electron chi connectivity index (χ2n) is 2.31. The molecule has 1 aromatic rings. The van der Waals surface area contributed by atoms with Crippen molar-refractivity contribution >= 4 is 11.9 Å². The van der Waals surface area contributed by atoms with Gasteiger partial charge in [0.15, 0.2) is 5.82 Å². The quantitative estimate of drug-likeness (QED) is 0.637. The van der Waals surface area contributed by atoms with Crippen LogP contribution in [0.15, 0.2) is 4.52 Å². The second-order valence-corrected chi connectivity index (χ2v) is 2.31. The van der Waals surface area contributed by atoms with Crippen molar-refractivity contribution in [1.29, 1.82) is 0 Å². The lowest BCUT2D eigenvalue weighted by Crippen LogP contribution is -2.24. The van der Waals surface area contributed by atoms with Gasteiger partial charge in [0.05, 0.1) is 0 Å². The zero-order chi connectivity index (χ0) is 9.14. The first-order valence-corrected chi connectivity index (χ1v) is 3.39. The lowest BCUT2D eigenvalue weighted by Gasteiger charge is -2.00. The summed E-state index contributed by atoms with van der Waals surface area (Å²) in [5.74, 6) is -0.144. The van der Waals surface area contributed by atoms with Crippen LogP contribution in [0.25, 0.3) is 0 Å². The summed E-state index contributed by atoms with van der Waals surface area (Å²) in [4.78, 5) is 14.5. The van der Waals surface area contributed by atoms with Gasteiger partial charge in [0.2, 0.25) is 0 Å². The van der Waals surface area contributed by atoms with Crippen molar-refractivity contribution in [1.82, 2.24) is 10.1 Å². The lowest BCUT2D eigenvalue weighted by atomic mass is 10.4. The molecular formula is C6H9N3O3. The smallest absolute Gasteiger partial charge is 0.328 e. The number of hydrogen-bond acceptors (Lipinski definition) is 5. The average molecular weight is 171 g/mol. The summed E-state index contributed by atoms with van der Waals surface area (Å²) in [5, 5.41) is 14.5. The minimum Gasteiger partial charge on any atom is -0.384 e. The van der Waals surface area contributed by atoms with Gasteiger partial charge in [-0.1, -0.05) is 5.16 Å². The lowest BCUT2D eigenvalue weighted by molar-refractivity contribution is -0.123. The molecule has 1 amide bonds. The van der Waals surface area contributed by atoms with E-state index in [1.54, 1.807) is 6.92 Å². The van der Waals surface area contributed by atoms with Crippen molar-refractivity contribution in [2.75, 3.05) is 5.32 Å². The molecule has 0 fully saturated rings. The van der Waals surface area contributed by atoms with Crippen LogP contribution in [0.2, 0.25) is 0 Å². The third-order valence-electron chi connectivity index (χ3n) is 1.14. The van der Waals surface area contributed by atoms with Crippen molar-refractivity contribution in [3.8, 4) is 0 Å². The van der Waals surface area contributed by atoms with Crippen LogP contribution in [0.3, 0.4) is 0 Å². The first-order valence-electron chi connectivity index (χ1n) is 3.39. The predicted molar refractivity (Wildman–Crippen MR) is 39.3 cm³/mol. The molecule has 1 heterocycles. The van der Waals surface area contributed by atoms with Crippen LogP contribution in [0, 0.1) is 6.92 Å². The van der Waals surface area contributed by atoms with Gasteiger partial charge in [0.1, 0.15) is 6.10 Å². The Morgan fingerprint density at radius 1 is 1.75 bits per heavy atom. The summed E-state index contributed by atoms with van der Waals surface area (Å²) in [7, 11) is 0. The van der Waals surface area contributed by atoms with Gasteiger partial charge in [-0.15, -0.1) is 0 Å². The zero-order valence-corrected chi connectivity index (χ0v) is 6.74. The highest BCUT2D eigenvalue weighted by molar-refractivity contribution is 5.91. The molecule has 0 radical (unpaired) electrons. The minimum atomic E-state index is -1.09. The number of aromatic nitrogens is 2. The highest BCUT2D eigenvalue weighted by Crippen LogP contribution is 2.02. The van der Waals surface area contributed by atoms with E-state index in [4.69, 9.17) is 5.11 Å². The number of aliphatic hydroxyl groups is 1. The monoisotopic (exact) mass is 171 g/mol. The molecule has 12 heavy (non-hydrogen) atoms. The van der Waals surface area contributed by atoms with E-state index in [-0.39, 0.29) is 6.01 Å². The van der Waals surface area contributed by atoms with Crippen molar-refractivity contribution in [3.05, 3.63) is 5.82 Å². The van der Waals surface area contributed by atoms with E-state index in [0.717, 1.165) is 0 Å². The van der Waals surface area contributed by atoms with Crippen molar-refractivity contribution in [2.45, 2.75) is 20.0 Å². The summed E-state index contributed by atoms with van der Waals surface area (Å²) < 4.78 is 4.58. The van der Waals surface area contributed by atoms with Crippen LogP contribution >= 0.6 is 0 Å². The fourth-order valence-electron chi connectivity index (χ4n) is 0.558. The number of anilines is 1. The van der Waals surface area contributed by atoms with Gasteiger partial charge < -0.3 is 9.63 Å². The van der Waals surface area contributed by atoms with E-state index < -0.39 is 12.0 Å². The van der Waals surface area contributed by atoms with E-state index >= 15 is 0 Å². The fourth-order valence-corrected chi connectivity index (χ4v) is 0.558. The van der Waals surface area contributed by atoms with Crippen LogP contribution in [0.4, 0.5) is 6.01 Å². The molecule has 0 aliphatic heterocycles. The highest BCUT2D eigenvalue weighted by Gasteiger charge is 2.11. The van der Waals surface area contributed by atoms with Crippen LogP contribution < -0.4 is 5.32 Å². The topological polar surface area (TPSA) is 88.2 Å². The number of nitrogens with one attached hydrogen (secondary N) is 1. The Balaban J connectivity index is 2.58. The number of hydrogen-bond donors (Lipinski definition) is 2. The summed E-state index contributed by atoms with van der Waals surface area (Å²) in [6, 6.07) is -0.00148. The summed E-state index contributed by atoms with van der Waals surface area (Å²) >= 11 is 0. The molecule has 0 aromatic carbocycles. The van der Waals surface area contributed by atoms with Crippen LogP contribution in [0.1, 0.15) is 12.7 Å². The maximum atomic E-state index is 10.8. The molecule has 6 nitrogen and oxygen atoms in total. The predicted octanol–water partition coefficient (Wildman–Crippen LogP) is -0.303. The molecule has 2 N–H and O–H groups in total. The Kier molecular flexibility index (Phi) is 2.39. The molecule has 0 aliphatic rings. The number of rotatable bonds is 2. The molecule has 66 valence electrons. The van der Waals surface area contributed by atoms with Crippen molar-refractivity contribution in [2.24, 2.45) is 0 Å². The van der Waals surface area contributed by atoms with Crippen LogP contribution in [-0.2, 0) is 4.79 Å². The Morgan fingerprint density at radius 3 is 2.83 bits per heavy atom. The van der Waals surface area contributed by atoms with Gasteiger partial charge in [0.25, 0.3) is 5.91 Å². The van der Waals surface area contributed by atoms with Gasteiger partial charge in [0, 0.05) is 0 Å². The average Bonchev–Trinajstić information content (AvgIpc) is 2.35. The number of aliphatic hydroxyl groups excluding tert-OH is 1. The molecule has 0 unspecified atom stereocenters. The maximum Gasteiger partial charge on any atom is 0.328 e. The molecule has 1 atom stereocenters. The summed E-state index contributed by atoms with van der Waals surface area (Å²) in [5.41, 5.74) is 0. The SMILES string of the molecule is Cc1noc(NC(=O)[C@H](C)O)n1. The van der Waals surface area contributed by atoms with E-state index in [0.29, 0.717) is 5.82 Å². The molecule has 1 rings (SSSR count). The third-order valence-corrected chi connectivity index (χ3v) is 1.14. The van der Waals surface area contributed by atoms with Crippen molar-refractivity contribution < 1.29 is 14.4 Å². The van der Waals surface area contributed by atoms with Gasteiger partial charge in [-0.2, -0.15) is 4.98 Å². The van der Waals surface area contributed by atoms with E-state index in [1.807, 2.05) is 0 Å². The maximum absolute atomic E-state index is 10.8. The Hall–Kier alpha value is -1.43. The first kappa shape index (κ1) is 8.66. The number of carbonyl (C=O) groups is 1. The fraction of sp³-hybridized carbons (Fsp3) is 0.500. The highest BCUT2D eigenvalue weighted by atomic mass is 16.5. The minimum absolute atomic E-state index is 0.00148. The summed E-state index contributed by atoms with van der Waals surface area (Å²) in [6.07, 6.45) is -1.09. The Labute approximate surface area is 68.6 Å². The first-order chi connectivity index (χ1) is 5.59. The largest absolute Gasteiger partial charge is 0.384 e. The number of carbonyl (C=O) groups excluding carboxylic acids is 1. The van der Waals surface area contributed by atoms with Crippen LogP contribution in [-0.4, -0.2) is 27.3 Å². The Morgan fingerprint density at radius 2 is 2.42 bits per heavy atom. The van der Waals surface area contributed by atoms with Crippen LogP contribution in [0.5, 0.6) is 0 Å². The molecule has 0 spiro atoms. The van der Waals surface area contributed by atoms with E-state index in [2.05, 4.69) is 20.0 Å². The van der Waals surface area contributed by atoms with Gasteiger partial charge in [-0.3, -0.25) is 10.1 Å². The standard InChI is InChI=1S/C6H9N3O3/c1-3(10)5(11)8-6-7-4(2)9-12-6/h3,10H,1-2H3,(H,7,8,9,11)/t3-/m0/s1. The molecule has 0 saturated heterocycles. The van der Waals surface area contributed by atoms with Gasteiger partial charge in [-0.25, -0.2) is 0 Å². The molecular weight excluding hydrogens is 162 g/mol. The Bertz CT molecular complexity index is 281. The van der Waals surface area contributed by atoms with Crippen molar-refractivity contribution in [3.63, 3.8) is 0 Å².